The standard InChI is InChI=1S/C16H30N2O2/c1-2-3-4-5-6-7-8-9-10-11-12-14(16(18)20)13-15(17)19/h11-12,14H,2-10,13H2,1H3,(H2,17,19)(H2,18,20)/b12-11+. The number of hydrogen-bond acceptors (Lipinski definition) is 2. The van der Waals surface area contributed by atoms with E-state index in [0.29, 0.717) is 0 Å². The Balaban J connectivity index is 3.58. The number of carbonyl (C=O) groups excluding carboxylic acids is 2. The smallest absolute Gasteiger partial charge is 0.224 e. The lowest BCUT2D eigenvalue weighted by Gasteiger charge is -2.05. The topological polar surface area (TPSA) is 86.2 Å². The second-order valence-corrected chi connectivity index (χ2v) is 5.37. The molecule has 0 saturated heterocycles. The molecule has 0 aromatic rings. The Hall–Kier alpha value is -1.32. The van der Waals surface area contributed by atoms with E-state index in [9.17, 15) is 9.59 Å². The van der Waals surface area contributed by atoms with Crippen molar-refractivity contribution in [1.82, 2.24) is 0 Å². The SMILES string of the molecule is CCCCCCCCCC/C=C/C(CC(N)=O)C(N)=O. The van der Waals surface area contributed by atoms with E-state index in [0.717, 1.165) is 12.8 Å². The molecule has 0 saturated carbocycles. The maximum Gasteiger partial charge on any atom is 0.224 e. The highest BCUT2D eigenvalue weighted by Crippen LogP contribution is 2.11. The van der Waals surface area contributed by atoms with Crippen LogP contribution >= 0.6 is 0 Å². The van der Waals surface area contributed by atoms with E-state index in [1.54, 1.807) is 6.08 Å². The molecule has 0 aromatic carbocycles. The van der Waals surface area contributed by atoms with Gasteiger partial charge in [0.15, 0.2) is 0 Å². The Bertz CT molecular complexity index is 301. The molecule has 0 rings (SSSR count). The van der Waals surface area contributed by atoms with Crippen LogP contribution in [0.3, 0.4) is 0 Å². The lowest BCUT2D eigenvalue weighted by molar-refractivity contribution is -0.125. The molecule has 0 aromatic heterocycles. The van der Waals surface area contributed by atoms with Gasteiger partial charge in [-0.1, -0.05) is 64.0 Å². The van der Waals surface area contributed by atoms with Gasteiger partial charge in [-0.05, 0) is 12.8 Å². The van der Waals surface area contributed by atoms with Crippen LogP contribution in [0.2, 0.25) is 0 Å². The summed E-state index contributed by atoms with van der Waals surface area (Å²) in [6, 6.07) is 0. The van der Waals surface area contributed by atoms with E-state index < -0.39 is 17.7 Å². The van der Waals surface area contributed by atoms with Crippen molar-refractivity contribution in [2.75, 3.05) is 0 Å². The van der Waals surface area contributed by atoms with Crippen molar-refractivity contribution in [2.45, 2.75) is 71.1 Å². The molecular formula is C16H30N2O2. The molecule has 20 heavy (non-hydrogen) atoms. The predicted octanol–water partition coefficient (Wildman–Crippen LogP) is 3.05. The summed E-state index contributed by atoms with van der Waals surface area (Å²) in [5.74, 6) is -1.54. The van der Waals surface area contributed by atoms with Crippen LogP contribution < -0.4 is 11.5 Å². The van der Waals surface area contributed by atoms with Gasteiger partial charge >= 0.3 is 0 Å². The summed E-state index contributed by atoms with van der Waals surface area (Å²) in [4.78, 5) is 21.9. The average molecular weight is 282 g/mol. The van der Waals surface area contributed by atoms with Crippen LogP contribution in [0.5, 0.6) is 0 Å². The first-order valence-corrected chi connectivity index (χ1v) is 7.82. The van der Waals surface area contributed by atoms with Crippen molar-refractivity contribution < 1.29 is 9.59 Å². The zero-order valence-corrected chi connectivity index (χ0v) is 12.8. The summed E-state index contributed by atoms with van der Waals surface area (Å²) in [5.41, 5.74) is 10.3. The summed E-state index contributed by atoms with van der Waals surface area (Å²) >= 11 is 0. The highest BCUT2D eigenvalue weighted by Gasteiger charge is 2.13. The minimum Gasteiger partial charge on any atom is -0.370 e. The zero-order chi connectivity index (χ0) is 15.2. The highest BCUT2D eigenvalue weighted by atomic mass is 16.2. The Labute approximate surface area is 123 Å². The average Bonchev–Trinajstić information content (AvgIpc) is 2.39. The second-order valence-electron chi connectivity index (χ2n) is 5.37. The van der Waals surface area contributed by atoms with Gasteiger partial charge in [-0.3, -0.25) is 9.59 Å². The van der Waals surface area contributed by atoms with Crippen LogP contribution in [-0.2, 0) is 9.59 Å². The van der Waals surface area contributed by atoms with Crippen LogP contribution in [0.15, 0.2) is 12.2 Å². The molecule has 0 radical (unpaired) electrons. The van der Waals surface area contributed by atoms with Gasteiger partial charge in [0.25, 0.3) is 0 Å². The maximum atomic E-state index is 11.1. The molecule has 116 valence electrons. The molecule has 0 bridgehead atoms. The van der Waals surface area contributed by atoms with Crippen molar-refractivity contribution in [1.29, 1.82) is 0 Å². The van der Waals surface area contributed by atoms with Crippen molar-refractivity contribution in [2.24, 2.45) is 17.4 Å². The van der Waals surface area contributed by atoms with E-state index >= 15 is 0 Å². The summed E-state index contributed by atoms with van der Waals surface area (Å²) in [6.45, 7) is 2.23. The molecule has 4 N–H and O–H groups in total. The van der Waals surface area contributed by atoms with Crippen LogP contribution in [0.1, 0.15) is 71.1 Å². The first-order valence-electron chi connectivity index (χ1n) is 7.82. The molecule has 0 aliphatic heterocycles. The number of rotatable bonds is 13. The fourth-order valence-corrected chi connectivity index (χ4v) is 2.14. The molecule has 0 aliphatic carbocycles. The number of amides is 2. The lowest BCUT2D eigenvalue weighted by atomic mass is 10.0. The predicted molar refractivity (Wildman–Crippen MR) is 82.9 cm³/mol. The molecule has 4 nitrogen and oxygen atoms in total. The van der Waals surface area contributed by atoms with E-state index in [1.807, 2.05) is 6.08 Å². The van der Waals surface area contributed by atoms with E-state index in [2.05, 4.69) is 6.92 Å². The highest BCUT2D eigenvalue weighted by molar-refractivity contribution is 5.85. The van der Waals surface area contributed by atoms with E-state index in [4.69, 9.17) is 11.5 Å². The summed E-state index contributed by atoms with van der Waals surface area (Å²) < 4.78 is 0. The fraction of sp³-hybridized carbons (Fsp3) is 0.750. The second kappa shape index (κ2) is 12.7. The van der Waals surface area contributed by atoms with Crippen LogP contribution in [0.4, 0.5) is 0 Å². The first-order chi connectivity index (χ1) is 9.57. The summed E-state index contributed by atoms with van der Waals surface area (Å²) in [5, 5.41) is 0. The third-order valence-corrected chi connectivity index (χ3v) is 3.38. The number of nitrogens with two attached hydrogens (primary N) is 2. The van der Waals surface area contributed by atoms with Gasteiger partial charge in [-0.2, -0.15) is 0 Å². The first kappa shape index (κ1) is 18.7. The molecule has 0 spiro atoms. The summed E-state index contributed by atoms with van der Waals surface area (Å²) in [7, 11) is 0. The maximum absolute atomic E-state index is 11.1. The Morgan fingerprint density at radius 3 is 2.00 bits per heavy atom. The van der Waals surface area contributed by atoms with Crippen LogP contribution in [0.25, 0.3) is 0 Å². The number of carbonyl (C=O) groups is 2. The van der Waals surface area contributed by atoms with Crippen molar-refractivity contribution in [3.05, 3.63) is 12.2 Å². The molecule has 0 fully saturated rings. The molecule has 4 heteroatoms. The van der Waals surface area contributed by atoms with Crippen molar-refractivity contribution in [3.63, 3.8) is 0 Å². The largest absolute Gasteiger partial charge is 0.370 e. The van der Waals surface area contributed by atoms with Crippen LogP contribution in [0, 0.1) is 5.92 Å². The summed E-state index contributed by atoms with van der Waals surface area (Å²) in [6.07, 6.45) is 14.8. The van der Waals surface area contributed by atoms with Gasteiger partial charge in [0, 0.05) is 6.42 Å². The number of primary amides is 2. The minimum absolute atomic E-state index is 0.00324. The van der Waals surface area contributed by atoms with E-state index in [1.165, 1.54) is 44.9 Å². The molecular weight excluding hydrogens is 252 g/mol. The lowest BCUT2D eigenvalue weighted by Crippen LogP contribution is -2.26. The quantitative estimate of drug-likeness (QED) is 0.402. The molecule has 0 heterocycles. The molecule has 1 atom stereocenters. The molecule has 1 unspecified atom stereocenters. The van der Waals surface area contributed by atoms with Gasteiger partial charge < -0.3 is 11.5 Å². The normalized spacial score (nSPS) is 12.7. The fourth-order valence-electron chi connectivity index (χ4n) is 2.14. The van der Waals surface area contributed by atoms with Gasteiger partial charge in [0.2, 0.25) is 11.8 Å². The zero-order valence-electron chi connectivity index (χ0n) is 12.8. The third-order valence-electron chi connectivity index (χ3n) is 3.38. The Morgan fingerprint density at radius 2 is 1.50 bits per heavy atom. The van der Waals surface area contributed by atoms with Crippen LogP contribution in [-0.4, -0.2) is 11.8 Å². The van der Waals surface area contributed by atoms with Gasteiger partial charge in [-0.25, -0.2) is 0 Å². The Morgan fingerprint density at radius 1 is 0.950 bits per heavy atom. The number of unbranched alkanes of at least 4 members (excludes halogenated alkanes) is 8. The van der Waals surface area contributed by atoms with Gasteiger partial charge in [0.05, 0.1) is 5.92 Å². The number of hydrogen-bond donors (Lipinski definition) is 2. The van der Waals surface area contributed by atoms with Gasteiger partial charge in [-0.15, -0.1) is 0 Å². The minimum atomic E-state index is -0.554. The van der Waals surface area contributed by atoms with Crippen molar-refractivity contribution >= 4 is 11.8 Å². The molecule has 2 amide bonds. The third kappa shape index (κ3) is 11.8. The monoisotopic (exact) mass is 282 g/mol. The van der Waals surface area contributed by atoms with Gasteiger partial charge in [0.1, 0.15) is 0 Å². The number of allylic oxidation sites excluding steroid dienone is 1. The molecule has 0 aliphatic rings. The van der Waals surface area contributed by atoms with Crippen molar-refractivity contribution in [3.8, 4) is 0 Å². The Kier molecular flexibility index (Phi) is 11.9. The van der Waals surface area contributed by atoms with E-state index in [-0.39, 0.29) is 6.42 Å².